The highest BCUT2D eigenvalue weighted by Crippen LogP contribution is 2.27. The Hall–Kier alpha value is -2.33. The molecule has 0 radical (unpaired) electrons. The van der Waals surface area contributed by atoms with Crippen LogP contribution in [0.2, 0.25) is 0 Å². The summed E-state index contributed by atoms with van der Waals surface area (Å²) >= 11 is 0. The number of hydrogen-bond donors (Lipinski definition) is 2. The lowest BCUT2D eigenvalue weighted by atomic mass is 9.88. The fourth-order valence-electron chi connectivity index (χ4n) is 3.19. The number of nitrogens with one attached hydrogen (secondary N) is 1. The largest absolute Gasteiger partial charge is 0.326 e. The molecule has 2 amide bonds. The zero-order valence-corrected chi connectivity index (χ0v) is 13.4. The van der Waals surface area contributed by atoms with Gasteiger partial charge in [0.2, 0.25) is 0 Å². The van der Waals surface area contributed by atoms with Crippen LogP contribution in [0.3, 0.4) is 0 Å². The van der Waals surface area contributed by atoms with Gasteiger partial charge in [-0.25, -0.2) is 4.79 Å². The summed E-state index contributed by atoms with van der Waals surface area (Å²) in [5.74, 6) is 0.292. The molecule has 2 aromatic carbocycles. The molecule has 1 saturated heterocycles. The average Bonchev–Trinajstić information content (AvgIpc) is 2.55. The lowest BCUT2D eigenvalue weighted by Crippen LogP contribution is -2.50. The molecule has 120 valence electrons. The Kier molecular flexibility index (Phi) is 4.63. The number of hydrogen-bond acceptors (Lipinski definition) is 2. The monoisotopic (exact) mass is 309 g/mol. The number of urea groups is 1. The van der Waals surface area contributed by atoms with Crippen molar-refractivity contribution in [2.45, 2.75) is 25.3 Å². The molecule has 0 saturated carbocycles. The van der Waals surface area contributed by atoms with E-state index >= 15 is 0 Å². The molecule has 4 heteroatoms. The molecule has 2 atom stereocenters. The van der Waals surface area contributed by atoms with E-state index in [4.69, 9.17) is 5.73 Å². The van der Waals surface area contributed by atoms with E-state index in [9.17, 15) is 4.79 Å². The number of nitrogens with zero attached hydrogens (tertiary/aromatic N) is 1. The molecule has 1 heterocycles. The molecule has 4 nitrogen and oxygen atoms in total. The summed E-state index contributed by atoms with van der Waals surface area (Å²) in [6.45, 7) is 3.39. The van der Waals surface area contributed by atoms with E-state index in [0.29, 0.717) is 19.0 Å². The fourth-order valence-corrected chi connectivity index (χ4v) is 3.19. The van der Waals surface area contributed by atoms with Crippen LogP contribution in [0, 0.1) is 6.92 Å². The van der Waals surface area contributed by atoms with Crippen LogP contribution in [0.25, 0.3) is 0 Å². The Morgan fingerprint density at radius 2 is 1.91 bits per heavy atom. The number of carbonyl (C=O) groups excluding carboxylic acids is 1. The van der Waals surface area contributed by atoms with Gasteiger partial charge in [0.05, 0.1) is 0 Å². The number of benzene rings is 2. The quantitative estimate of drug-likeness (QED) is 0.894. The van der Waals surface area contributed by atoms with Crippen molar-refractivity contribution in [3.8, 4) is 0 Å². The lowest BCUT2D eigenvalue weighted by Gasteiger charge is -2.36. The molecule has 0 spiro atoms. The molecule has 1 aliphatic rings. The van der Waals surface area contributed by atoms with Gasteiger partial charge < -0.3 is 16.0 Å². The van der Waals surface area contributed by atoms with Crippen LogP contribution in [0.5, 0.6) is 0 Å². The van der Waals surface area contributed by atoms with E-state index in [1.165, 1.54) is 11.1 Å². The van der Waals surface area contributed by atoms with Crippen molar-refractivity contribution < 1.29 is 4.79 Å². The van der Waals surface area contributed by atoms with Gasteiger partial charge in [0.1, 0.15) is 0 Å². The minimum atomic E-state index is -0.0796. The Labute approximate surface area is 137 Å². The summed E-state index contributed by atoms with van der Waals surface area (Å²) in [5, 5.41) is 2.95. The molecule has 3 N–H and O–H groups in total. The molecule has 2 aromatic rings. The van der Waals surface area contributed by atoms with Crippen LogP contribution in [-0.2, 0) is 0 Å². The smallest absolute Gasteiger partial charge is 0.321 e. The topological polar surface area (TPSA) is 58.4 Å². The van der Waals surface area contributed by atoms with Crippen molar-refractivity contribution in [2.24, 2.45) is 5.73 Å². The number of anilines is 1. The first-order chi connectivity index (χ1) is 11.1. The Morgan fingerprint density at radius 3 is 2.65 bits per heavy atom. The van der Waals surface area contributed by atoms with Crippen LogP contribution in [0.4, 0.5) is 10.5 Å². The Morgan fingerprint density at radius 1 is 1.13 bits per heavy atom. The summed E-state index contributed by atoms with van der Waals surface area (Å²) in [6, 6.07) is 17.9. The molecule has 2 unspecified atom stereocenters. The highest BCUT2D eigenvalue weighted by molar-refractivity contribution is 5.89. The van der Waals surface area contributed by atoms with Gasteiger partial charge in [-0.1, -0.05) is 48.0 Å². The first-order valence-electron chi connectivity index (χ1n) is 8.05. The molecular weight excluding hydrogens is 286 g/mol. The first kappa shape index (κ1) is 15.6. The molecular formula is C19H23N3O. The van der Waals surface area contributed by atoms with E-state index in [-0.39, 0.29) is 12.1 Å². The summed E-state index contributed by atoms with van der Waals surface area (Å²) in [6.07, 6.45) is 0.915. The third-order valence-electron chi connectivity index (χ3n) is 4.31. The number of aryl methyl sites for hydroxylation is 1. The molecule has 3 rings (SSSR count). The third-order valence-corrected chi connectivity index (χ3v) is 4.31. The van der Waals surface area contributed by atoms with E-state index in [1.807, 2.05) is 35.2 Å². The zero-order chi connectivity index (χ0) is 16.2. The summed E-state index contributed by atoms with van der Waals surface area (Å²) in [7, 11) is 0. The van der Waals surface area contributed by atoms with Crippen molar-refractivity contribution in [1.29, 1.82) is 0 Å². The third kappa shape index (κ3) is 3.90. The fraction of sp³-hybridized carbons (Fsp3) is 0.316. The Bertz CT molecular complexity index is 671. The van der Waals surface area contributed by atoms with Crippen LogP contribution in [-0.4, -0.2) is 30.1 Å². The number of carbonyl (C=O) groups is 1. The van der Waals surface area contributed by atoms with Crippen LogP contribution in [0.1, 0.15) is 23.5 Å². The van der Waals surface area contributed by atoms with E-state index < -0.39 is 0 Å². The summed E-state index contributed by atoms with van der Waals surface area (Å²) in [5.41, 5.74) is 9.51. The van der Waals surface area contributed by atoms with Crippen LogP contribution >= 0.6 is 0 Å². The highest BCUT2D eigenvalue weighted by Gasteiger charge is 2.29. The van der Waals surface area contributed by atoms with Gasteiger partial charge in [-0.2, -0.15) is 0 Å². The van der Waals surface area contributed by atoms with Gasteiger partial charge in [-0.3, -0.25) is 0 Å². The predicted molar refractivity (Wildman–Crippen MR) is 93.5 cm³/mol. The number of para-hydroxylation sites is 1. The van der Waals surface area contributed by atoms with Gasteiger partial charge >= 0.3 is 6.03 Å². The average molecular weight is 309 g/mol. The maximum atomic E-state index is 12.5. The zero-order valence-electron chi connectivity index (χ0n) is 13.4. The molecule has 1 fully saturated rings. The van der Waals surface area contributed by atoms with Crippen molar-refractivity contribution in [2.75, 3.05) is 18.4 Å². The van der Waals surface area contributed by atoms with Crippen molar-refractivity contribution in [3.05, 3.63) is 65.7 Å². The molecule has 0 aliphatic carbocycles. The lowest BCUT2D eigenvalue weighted by molar-refractivity contribution is 0.184. The number of piperidine rings is 1. The SMILES string of the molecule is Cc1cccc(C2CC(N)CN(C(=O)Nc3ccccc3)C2)c1. The van der Waals surface area contributed by atoms with E-state index in [0.717, 1.165) is 12.1 Å². The molecule has 0 bridgehead atoms. The normalized spacial score (nSPS) is 21.0. The summed E-state index contributed by atoms with van der Waals surface area (Å²) < 4.78 is 0. The minimum absolute atomic E-state index is 0.00999. The second-order valence-corrected chi connectivity index (χ2v) is 6.31. The van der Waals surface area contributed by atoms with Gasteiger partial charge in [0, 0.05) is 30.7 Å². The van der Waals surface area contributed by atoms with Gasteiger partial charge in [0.25, 0.3) is 0 Å². The maximum Gasteiger partial charge on any atom is 0.321 e. The van der Waals surface area contributed by atoms with Gasteiger partial charge in [-0.15, -0.1) is 0 Å². The van der Waals surface area contributed by atoms with Crippen molar-refractivity contribution >= 4 is 11.7 Å². The standard InChI is InChI=1S/C19H23N3O/c1-14-6-5-7-15(10-14)16-11-17(20)13-22(12-16)19(23)21-18-8-3-2-4-9-18/h2-10,16-17H,11-13,20H2,1H3,(H,21,23). The number of rotatable bonds is 2. The van der Waals surface area contributed by atoms with Crippen LogP contribution in [0.15, 0.2) is 54.6 Å². The second-order valence-electron chi connectivity index (χ2n) is 6.31. The first-order valence-corrected chi connectivity index (χ1v) is 8.05. The molecule has 1 aliphatic heterocycles. The van der Waals surface area contributed by atoms with E-state index in [1.54, 1.807) is 0 Å². The Balaban J connectivity index is 1.71. The number of nitrogens with two attached hydrogens (primary N) is 1. The highest BCUT2D eigenvalue weighted by atomic mass is 16.2. The number of likely N-dealkylation sites (tertiary alicyclic amines) is 1. The van der Waals surface area contributed by atoms with Crippen molar-refractivity contribution in [1.82, 2.24) is 4.90 Å². The minimum Gasteiger partial charge on any atom is -0.326 e. The van der Waals surface area contributed by atoms with E-state index in [2.05, 4.69) is 36.5 Å². The van der Waals surface area contributed by atoms with Crippen LogP contribution < -0.4 is 11.1 Å². The maximum absolute atomic E-state index is 12.5. The van der Waals surface area contributed by atoms with Gasteiger partial charge in [-0.05, 0) is 31.0 Å². The van der Waals surface area contributed by atoms with Gasteiger partial charge in [0.15, 0.2) is 0 Å². The molecule has 0 aromatic heterocycles. The second kappa shape index (κ2) is 6.84. The predicted octanol–water partition coefficient (Wildman–Crippen LogP) is 3.34. The molecule has 23 heavy (non-hydrogen) atoms. The summed E-state index contributed by atoms with van der Waals surface area (Å²) in [4.78, 5) is 14.3. The van der Waals surface area contributed by atoms with Crippen molar-refractivity contribution in [3.63, 3.8) is 0 Å². The number of amides is 2.